The SMILES string of the molecule is COC1CCN(Cc2cc(C(=O)NN)ccc2F)CC1. The van der Waals surface area contributed by atoms with E-state index in [0.29, 0.717) is 23.8 Å². The third kappa shape index (κ3) is 3.53. The lowest BCUT2D eigenvalue weighted by molar-refractivity contribution is 0.0386. The molecule has 0 aromatic heterocycles. The predicted octanol–water partition coefficient (Wildman–Crippen LogP) is 1.04. The van der Waals surface area contributed by atoms with Crippen LogP contribution >= 0.6 is 0 Å². The van der Waals surface area contributed by atoms with Crippen LogP contribution in [0.15, 0.2) is 18.2 Å². The van der Waals surface area contributed by atoms with Gasteiger partial charge in [0.05, 0.1) is 6.10 Å². The van der Waals surface area contributed by atoms with E-state index in [1.165, 1.54) is 12.1 Å². The molecule has 0 atom stereocenters. The number of ether oxygens (including phenoxy) is 1. The molecule has 2 rings (SSSR count). The van der Waals surface area contributed by atoms with Crippen LogP contribution in [0.3, 0.4) is 0 Å². The van der Waals surface area contributed by atoms with E-state index in [1.54, 1.807) is 13.2 Å². The molecular formula is C14H20FN3O2. The van der Waals surface area contributed by atoms with Crippen LogP contribution in [0, 0.1) is 5.82 Å². The Morgan fingerprint density at radius 3 is 2.80 bits per heavy atom. The number of likely N-dealkylation sites (tertiary alicyclic amines) is 1. The predicted molar refractivity (Wildman–Crippen MR) is 73.4 cm³/mol. The molecule has 0 bridgehead atoms. The highest BCUT2D eigenvalue weighted by Gasteiger charge is 2.20. The van der Waals surface area contributed by atoms with Crippen LogP contribution in [0.2, 0.25) is 0 Å². The van der Waals surface area contributed by atoms with Gasteiger partial charge in [-0.2, -0.15) is 0 Å². The molecule has 0 radical (unpaired) electrons. The Hall–Kier alpha value is -1.50. The van der Waals surface area contributed by atoms with E-state index in [-0.39, 0.29) is 5.82 Å². The molecule has 0 saturated carbocycles. The molecule has 0 spiro atoms. The maximum Gasteiger partial charge on any atom is 0.265 e. The minimum absolute atomic E-state index is 0.297. The molecule has 5 nitrogen and oxygen atoms in total. The number of halogens is 1. The molecule has 1 aliphatic rings. The molecule has 1 fully saturated rings. The number of nitrogens with one attached hydrogen (secondary N) is 1. The standard InChI is InChI=1S/C14H20FN3O2/c1-20-12-4-6-18(7-5-12)9-11-8-10(14(19)17-16)2-3-13(11)15/h2-3,8,12H,4-7,9,16H2,1H3,(H,17,19). The van der Waals surface area contributed by atoms with Crippen LogP contribution < -0.4 is 11.3 Å². The Balaban J connectivity index is 2.03. The summed E-state index contributed by atoms with van der Waals surface area (Å²) < 4.78 is 19.1. The van der Waals surface area contributed by atoms with E-state index >= 15 is 0 Å². The van der Waals surface area contributed by atoms with Crippen molar-refractivity contribution in [3.63, 3.8) is 0 Å². The van der Waals surface area contributed by atoms with Gasteiger partial charge in [0.25, 0.3) is 5.91 Å². The number of carbonyl (C=O) groups excluding carboxylic acids is 1. The van der Waals surface area contributed by atoms with Gasteiger partial charge < -0.3 is 4.74 Å². The number of piperidine rings is 1. The van der Waals surface area contributed by atoms with Crippen molar-refractivity contribution >= 4 is 5.91 Å². The van der Waals surface area contributed by atoms with Gasteiger partial charge in [-0.25, -0.2) is 10.2 Å². The molecule has 110 valence electrons. The number of methoxy groups -OCH3 is 1. The molecule has 1 saturated heterocycles. The summed E-state index contributed by atoms with van der Waals surface area (Å²) in [6, 6.07) is 4.29. The second kappa shape index (κ2) is 6.78. The first kappa shape index (κ1) is 14.9. The number of nitrogens with zero attached hydrogens (tertiary/aromatic N) is 1. The zero-order valence-electron chi connectivity index (χ0n) is 11.6. The van der Waals surface area contributed by atoms with Gasteiger partial charge in [-0.15, -0.1) is 0 Å². The molecule has 1 aromatic rings. The number of hydrazine groups is 1. The van der Waals surface area contributed by atoms with Crippen molar-refractivity contribution in [3.05, 3.63) is 35.1 Å². The van der Waals surface area contributed by atoms with Crippen LogP contribution in [-0.2, 0) is 11.3 Å². The Bertz CT molecular complexity index is 473. The number of hydrogen-bond acceptors (Lipinski definition) is 4. The van der Waals surface area contributed by atoms with Crippen molar-refractivity contribution in [3.8, 4) is 0 Å². The van der Waals surface area contributed by atoms with Crippen molar-refractivity contribution in [1.29, 1.82) is 0 Å². The normalized spacial score (nSPS) is 17.1. The number of rotatable bonds is 4. The van der Waals surface area contributed by atoms with Gasteiger partial charge in [-0.3, -0.25) is 15.1 Å². The highest BCUT2D eigenvalue weighted by Crippen LogP contribution is 2.18. The summed E-state index contributed by atoms with van der Waals surface area (Å²) in [5.74, 6) is 4.38. The fourth-order valence-corrected chi connectivity index (χ4v) is 2.46. The number of carbonyl (C=O) groups is 1. The average molecular weight is 281 g/mol. The zero-order valence-corrected chi connectivity index (χ0v) is 11.6. The molecule has 20 heavy (non-hydrogen) atoms. The summed E-state index contributed by atoms with van der Waals surface area (Å²) in [6.07, 6.45) is 2.19. The number of nitrogens with two attached hydrogens (primary N) is 1. The maximum atomic E-state index is 13.8. The Kier molecular flexibility index (Phi) is 5.05. The highest BCUT2D eigenvalue weighted by atomic mass is 19.1. The Morgan fingerprint density at radius 1 is 1.50 bits per heavy atom. The van der Waals surface area contributed by atoms with Gasteiger partial charge in [-0.1, -0.05) is 0 Å². The van der Waals surface area contributed by atoms with E-state index in [4.69, 9.17) is 10.6 Å². The lowest BCUT2D eigenvalue weighted by Gasteiger charge is -2.31. The maximum absolute atomic E-state index is 13.8. The largest absolute Gasteiger partial charge is 0.381 e. The lowest BCUT2D eigenvalue weighted by atomic mass is 10.1. The third-order valence-corrected chi connectivity index (χ3v) is 3.70. The van der Waals surface area contributed by atoms with Gasteiger partial charge >= 0.3 is 0 Å². The fraction of sp³-hybridized carbons (Fsp3) is 0.500. The average Bonchev–Trinajstić information content (AvgIpc) is 2.49. The van der Waals surface area contributed by atoms with Crippen LogP contribution in [-0.4, -0.2) is 37.1 Å². The van der Waals surface area contributed by atoms with Crippen molar-refractivity contribution < 1.29 is 13.9 Å². The van der Waals surface area contributed by atoms with Crippen LogP contribution in [0.1, 0.15) is 28.8 Å². The molecule has 6 heteroatoms. The molecular weight excluding hydrogens is 261 g/mol. The van der Waals surface area contributed by atoms with Gasteiger partial charge in [0.2, 0.25) is 0 Å². The summed E-state index contributed by atoms with van der Waals surface area (Å²) in [5, 5.41) is 0. The quantitative estimate of drug-likeness (QED) is 0.491. The van der Waals surface area contributed by atoms with Crippen molar-refractivity contribution in [2.45, 2.75) is 25.5 Å². The molecule has 1 heterocycles. The summed E-state index contributed by atoms with van der Waals surface area (Å²) in [4.78, 5) is 13.6. The Labute approximate surface area is 117 Å². The number of amides is 1. The van der Waals surface area contributed by atoms with Crippen LogP contribution in [0.25, 0.3) is 0 Å². The fourth-order valence-electron chi connectivity index (χ4n) is 2.46. The summed E-state index contributed by atoms with van der Waals surface area (Å²) in [7, 11) is 1.72. The second-order valence-electron chi connectivity index (χ2n) is 4.99. The summed E-state index contributed by atoms with van der Waals surface area (Å²) >= 11 is 0. The van der Waals surface area contributed by atoms with E-state index < -0.39 is 5.91 Å². The third-order valence-electron chi connectivity index (χ3n) is 3.70. The highest BCUT2D eigenvalue weighted by molar-refractivity contribution is 5.93. The molecule has 1 amide bonds. The van der Waals surface area contributed by atoms with E-state index in [1.807, 2.05) is 0 Å². The first-order chi connectivity index (χ1) is 9.63. The monoisotopic (exact) mass is 281 g/mol. The van der Waals surface area contributed by atoms with Crippen molar-refractivity contribution in [2.24, 2.45) is 5.84 Å². The minimum Gasteiger partial charge on any atom is -0.381 e. The van der Waals surface area contributed by atoms with Gasteiger partial charge in [0.15, 0.2) is 0 Å². The first-order valence-electron chi connectivity index (χ1n) is 6.68. The van der Waals surface area contributed by atoms with Gasteiger partial charge in [0.1, 0.15) is 5.82 Å². The molecule has 0 unspecified atom stereocenters. The number of hydrogen-bond donors (Lipinski definition) is 2. The first-order valence-corrected chi connectivity index (χ1v) is 6.68. The van der Waals surface area contributed by atoms with Crippen LogP contribution in [0.5, 0.6) is 0 Å². The van der Waals surface area contributed by atoms with E-state index in [2.05, 4.69) is 10.3 Å². The van der Waals surface area contributed by atoms with Gasteiger partial charge in [0, 0.05) is 37.9 Å². The van der Waals surface area contributed by atoms with Gasteiger partial charge in [-0.05, 0) is 31.0 Å². The van der Waals surface area contributed by atoms with E-state index in [0.717, 1.165) is 25.9 Å². The van der Waals surface area contributed by atoms with Crippen molar-refractivity contribution in [1.82, 2.24) is 10.3 Å². The topological polar surface area (TPSA) is 67.6 Å². The molecule has 0 aliphatic carbocycles. The number of nitrogen functional groups attached to an aromatic ring is 1. The van der Waals surface area contributed by atoms with E-state index in [9.17, 15) is 9.18 Å². The van der Waals surface area contributed by atoms with Crippen LogP contribution in [0.4, 0.5) is 4.39 Å². The second-order valence-corrected chi connectivity index (χ2v) is 4.99. The number of benzene rings is 1. The lowest BCUT2D eigenvalue weighted by Crippen LogP contribution is -2.36. The Morgan fingerprint density at radius 2 is 2.20 bits per heavy atom. The molecule has 1 aromatic carbocycles. The summed E-state index contributed by atoms with van der Waals surface area (Å²) in [5.41, 5.74) is 2.94. The minimum atomic E-state index is -0.413. The zero-order chi connectivity index (χ0) is 14.5. The molecule has 1 aliphatic heterocycles. The molecule has 3 N–H and O–H groups in total. The smallest absolute Gasteiger partial charge is 0.265 e. The summed E-state index contributed by atoms with van der Waals surface area (Å²) in [6.45, 7) is 2.23. The van der Waals surface area contributed by atoms with Crippen molar-refractivity contribution in [2.75, 3.05) is 20.2 Å².